The van der Waals surface area contributed by atoms with Gasteiger partial charge in [-0.1, -0.05) is 40.5 Å². The van der Waals surface area contributed by atoms with E-state index < -0.39 is 5.97 Å². The molecule has 1 fully saturated rings. The Kier molecular flexibility index (Phi) is 5.61. The van der Waals surface area contributed by atoms with Crippen LogP contribution in [0.15, 0.2) is 28.7 Å². The van der Waals surface area contributed by atoms with Gasteiger partial charge in [-0.25, -0.2) is 4.79 Å². The molecule has 1 aliphatic carbocycles. The molecule has 0 aromatic heterocycles. The van der Waals surface area contributed by atoms with Gasteiger partial charge in [0, 0.05) is 17.6 Å². The number of carboxylic acids is 1. The van der Waals surface area contributed by atoms with E-state index in [2.05, 4.69) is 26.6 Å². The summed E-state index contributed by atoms with van der Waals surface area (Å²) in [5.41, 5.74) is 0.997. The lowest BCUT2D eigenvalue weighted by molar-refractivity contribution is -0.142. The standard InChI is InChI=1S/C15H19BrN2O3/c16-13-7-2-1-4-11(13)9-18-15(21)17-8-10-5-3-6-12(10)14(19)20/h1-2,4,7,10,12H,3,5-6,8-9H2,(H,19,20)(H2,17,18,21). The Morgan fingerprint density at radius 3 is 2.71 bits per heavy atom. The van der Waals surface area contributed by atoms with E-state index >= 15 is 0 Å². The van der Waals surface area contributed by atoms with Gasteiger partial charge in [0.2, 0.25) is 0 Å². The molecule has 0 radical (unpaired) electrons. The Labute approximate surface area is 132 Å². The molecule has 0 heterocycles. The normalized spacial score (nSPS) is 21.0. The number of hydrogen-bond acceptors (Lipinski definition) is 2. The minimum absolute atomic E-state index is 0.0386. The molecular formula is C15H19BrN2O3. The molecule has 114 valence electrons. The first kappa shape index (κ1) is 15.8. The van der Waals surface area contributed by atoms with Crippen LogP contribution in [-0.4, -0.2) is 23.7 Å². The van der Waals surface area contributed by atoms with E-state index in [0.717, 1.165) is 22.9 Å². The van der Waals surface area contributed by atoms with Crippen LogP contribution in [0.5, 0.6) is 0 Å². The molecule has 0 saturated heterocycles. The van der Waals surface area contributed by atoms with Gasteiger partial charge in [-0.15, -0.1) is 0 Å². The highest BCUT2D eigenvalue weighted by atomic mass is 79.9. The first-order chi connectivity index (χ1) is 10.1. The third kappa shape index (κ3) is 4.46. The second-order valence-electron chi connectivity index (χ2n) is 5.29. The summed E-state index contributed by atoms with van der Waals surface area (Å²) < 4.78 is 0.951. The highest BCUT2D eigenvalue weighted by Gasteiger charge is 2.32. The van der Waals surface area contributed by atoms with Crippen LogP contribution in [0.3, 0.4) is 0 Å². The van der Waals surface area contributed by atoms with Crippen molar-refractivity contribution in [1.29, 1.82) is 0 Å². The molecular weight excluding hydrogens is 336 g/mol. The lowest BCUT2D eigenvalue weighted by Gasteiger charge is -2.16. The van der Waals surface area contributed by atoms with E-state index in [1.165, 1.54) is 0 Å². The summed E-state index contributed by atoms with van der Waals surface area (Å²) in [5.74, 6) is -1.04. The predicted octanol–water partition coefficient (Wildman–Crippen LogP) is 2.75. The topological polar surface area (TPSA) is 78.4 Å². The smallest absolute Gasteiger partial charge is 0.315 e. The van der Waals surface area contributed by atoms with Crippen LogP contribution in [-0.2, 0) is 11.3 Å². The number of rotatable bonds is 5. The first-order valence-corrected chi connectivity index (χ1v) is 7.85. The number of benzene rings is 1. The van der Waals surface area contributed by atoms with Gasteiger partial charge in [0.25, 0.3) is 0 Å². The fourth-order valence-electron chi connectivity index (χ4n) is 2.71. The SMILES string of the molecule is O=C(NCc1ccccc1Br)NCC1CCCC1C(=O)O. The molecule has 1 aliphatic rings. The van der Waals surface area contributed by atoms with E-state index in [4.69, 9.17) is 5.11 Å². The number of carboxylic acid groups (broad SMARTS) is 1. The Hall–Kier alpha value is -1.56. The molecule has 0 aliphatic heterocycles. The highest BCUT2D eigenvalue weighted by molar-refractivity contribution is 9.10. The minimum atomic E-state index is -0.757. The lowest BCUT2D eigenvalue weighted by Crippen LogP contribution is -2.39. The fraction of sp³-hybridized carbons (Fsp3) is 0.467. The average Bonchev–Trinajstić information content (AvgIpc) is 2.93. The molecule has 21 heavy (non-hydrogen) atoms. The maximum Gasteiger partial charge on any atom is 0.315 e. The van der Waals surface area contributed by atoms with Crippen molar-refractivity contribution < 1.29 is 14.7 Å². The summed E-state index contributed by atoms with van der Waals surface area (Å²) in [4.78, 5) is 22.8. The maximum atomic E-state index is 11.8. The van der Waals surface area contributed by atoms with Crippen molar-refractivity contribution in [3.05, 3.63) is 34.3 Å². The molecule has 1 saturated carbocycles. The monoisotopic (exact) mass is 354 g/mol. The Balaban J connectivity index is 1.75. The molecule has 5 nitrogen and oxygen atoms in total. The van der Waals surface area contributed by atoms with E-state index in [1.807, 2.05) is 24.3 Å². The highest BCUT2D eigenvalue weighted by Crippen LogP contribution is 2.31. The van der Waals surface area contributed by atoms with Crippen molar-refractivity contribution in [2.75, 3.05) is 6.54 Å². The van der Waals surface area contributed by atoms with Gasteiger partial charge >= 0.3 is 12.0 Å². The summed E-state index contributed by atoms with van der Waals surface area (Å²) in [6, 6.07) is 7.42. The van der Waals surface area contributed by atoms with Crippen molar-refractivity contribution in [2.45, 2.75) is 25.8 Å². The van der Waals surface area contributed by atoms with Gasteiger partial charge in [-0.05, 0) is 30.4 Å². The van der Waals surface area contributed by atoms with E-state index in [1.54, 1.807) is 0 Å². The second-order valence-corrected chi connectivity index (χ2v) is 6.15. The van der Waals surface area contributed by atoms with Crippen LogP contribution in [0.25, 0.3) is 0 Å². The molecule has 2 amide bonds. The Morgan fingerprint density at radius 2 is 2.00 bits per heavy atom. The molecule has 2 atom stereocenters. The van der Waals surface area contributed by atoms with Crippen LogP contribution >= 0.6 is 15.9 Å². The minimum Gasteiger partial charge on any atom is -0.481 e. The van der Waals surface area contributed by atoms with Gasteiger partial charge in [-0.2, -0.15) is 0 Å². The number of hydrogen-bond donors (Lipinski definition) is 3. The number of halogens is 1. The lowest BCUT2D eigenvalue weighted by atomic mass is 9.96. The molecule has 1 aromatic rings. The number of aliphatic carboxylic acids is 1. The van der Waals surface area contributed by atoms with E-state index in [-0.39, 0.29) is 17.9 Å². The van der Waals surface area contributed by atoms with Crippen LogP contribution in [0.4, 0.5) is 4.79 Å². The quantitative estimate of drug-likeness (QED) is 0.760. The van der Waals surface area contributed by atoms with E-state index in [9.17, 15) is 9.59 Å². The molecule has 0 bridgehead atoms. The molecule has 0 spiro atoms. The number of carbonyl (C=O) groups is 2. The number of carbonyl (C=O) groups excluding carboxylic acids is 1. The van der Waals surface area contributed by atoms with Gasteiger partial charge in [0.1, 0.15) is 0 Å². The molecule has 2 unspecified atom stereocenters. The first-order valence-electron chi connectivity index (χ1n) is 7.06. The van der Waals surface area contributed by atoms with Crippen LogP contribution in [0.2, 0.25) is 0 Å². The zero-order valence-corrected chi connectivity index (χ0v) is 13.2. The summed E-state index contributed by atoms with van der Waals surface area (Å²) >= 11 is 3.43. The zero-order chi connectivity index (χ0) is 15.2. The zero-order valence-electron chi connectivity index (χ0n) is 11.6. The summed E-state index contributed by atoms with van der Waals surface area (Å²) in [7, 11) is 0. The fourth-order valence-corrected chi connectivity index (χ4v) is 3.13. The van der Waals surface area contributed by atoms with Crippen LogP contribution < -0.4 is 10.6 Å². The summed E-state index contributed by atoms with van der Waals surface area (Å²) in [6.45, 7) is 0.846. The number of amides is 2. The average molecular weight is 355 g/mol. The Morgan fingerprint density at radius 1 is 1.24 bits per heavy atom. The van der Waals surface area contributed by atoms with Crippen LogP contribution in [0.1, 0.15) is 24.8 Å². The van der Waals surface area contributed by atoms with Crippen molar-refractivity contribution in [3.8, 4) is 0 Å². The van der Waals surface area contributed by atoms with Gasteiger partial charge in [0.05, 0.1) is 5.92 Å². The maximum absolute atomic E-state index is 11.8. The van der Waals surface area contributed by atoms with Crippen LogP contribution in [0, 0.1) is 11.8 Å². The number of nitrogens with one attached hydrogen (secondary N) is 2. The summed E-state index contributed by atoms with van der Waals surface area (Å²) in [6.07, 6.45) is 2.49. The van der Waals surface area contributed by atoms with Gasteiger partial charge in [0.15, 0.2) is 0 Å². The molecule has 2 rings (SSSR count). The van der Waals surface area contributed by atoms with Gasteiger partial charge in [-0.3, -0.25) is 4.79 Å². The largest absolute Gasteiger partial charge is 0.481 e. The van der Waals surface area contributed by atoms with Crippen molar-refractivity contribution >= 4 is 27.9 Å². The summed E-state index contributed by atoms with van der Waals surface area (Å²) in [5, 5.41) is 14.6. The van der Waals surface area contributed by atoms with Crippen molar-refractivity contribution in [2.24, 2.45) is 11.8 Å². The molecule has 1 aromatic carbocycles. The van der Waals surface area contributed by atoms with E-state index in [0.29, 0.717) is 19.5 Å². The Bertz CT molecular complexity index is 521. The number of urea groups is 1. The second kappa shape index (κ2) is 7.45. The third-order valence-electron chi connectivity index (χ3n) is 3.90. The van der Waals surface area contributed by atoms with Gasteiger partial charge < -0.3 is 15.7 Å². The van der Waals surface area contributed by atoms with Crippen molar-refractivity contribution in [1.82, 2.24) is 10.6 Å². The molecule has 3 N–H and O–H groups in total. The van der Waals surface area contributed by atoms with Crippen molar-refractivity contribution in [3.63, 3.8) is 0 Å². The predicted molar refractivity (Wildman–Crippen MR) is 82.8 cm³/mol. The third-order valence-corrected chi connectivity index (χ3v) is 4.67. The molecule has 6 heteroatoms.